The van der Waals surface area contributed by atoms with Crippen molar-refractivity contribution in [2.45, 2.75) is 13.8 Å². The fourth-order valence-electron chi connectivity index (χ4n) is 0.834. The summed E-state index contributed by atoms with van der Waals surface area (Å²) in [5.41, 5.74) is 1.07. The van der Waals surface area contributed by atoms with Crippen LogP contribution in [0.5, 0.6) is 0 Å². The van der Waals surface area contributed by atoms with E-state index in [1.165, 1.54) is 4.88 Å². The Hall–Kier alpha value is -0.870. The van der Waals surface area contributed by atoms with E-state index in [9.17, 15) is 0 Å². The van der Waals surface area contributed by atoms with Gasteiger partial charge in [-0.05, 0) is 25.3 Å². The molecule has 0 unspecified atom stereocenters. The summed E-state index contributed by atoms with van der Waals surface area (Å²) in [6.07, 6.45) is 0. The predicted molar refractivity (Wildman–Crippen MR) is 63.0 cm³/mol. The van der Waals surface area contributed by atoms with Gasteiger partial charge in [0.15, 0.2) is 0 Å². The molecule has 0 bridgehead atoms. The van der Waals surface area contributed by atoms with E-state index in [4.69, 9.17) is 5.11 Å². The van der Waals surface area contributed by atoms with Crippen LogP contribution in [-0.2, 0) is 0 Å². The first-order valence-corrected chi connectivity index (χ1v) is 5.37. The molecule has 4 heteroatoms. The smallest absolute Gasteiger partial charge is 0.0745 e. The van der Waals surface area contributed by atoms with Crippen LogP contribution in [0.3, 0.4) is 0 Å². The molecule has 0 amide bonds. The van der Waals surface area contributed by atoms with Gasteiger partial charge in [-0.1, -0.05) is 6.07 Å². The Morgan fingerprint density at radius 1 is 1.57 bits per heavy atom. The predicted octanol–water partition coefficient (Wildman–Crippen LogP) is 2.03. The number of hydrogen-bond donors (Lipinski definition) is 1. The van der Waals surface area contributed by atoms with Crippen LogP contribution in [0.25, 0.3) is 0 Å². The average Bonchev–Trinajstić information content (AvgIpc) is 2.55. The second-order valence-corrected chi connectivity index (χ2v) is 3.77. The van der Waals surface area contributed by atoms with E-state index in [2.05, 4.69) is 16.5 Å². The van der Waals surface area contributed by atoms with E-state index in [1.807, 2.05) is 32.1 Å². The molecule has 0 radical (unpaired) electrons. The highest BCUT2D eigenvalue weighted by Crippen LogP contribution is 2.09. The van der Waals surface area contributed by atoms with Crippen molar-refractivity contribution in [3.63, 3.8) is 0 Å². The summed E-state index contributed by atoms with van der Waals surface area (Å²) in [4.78, 5) is 1.23. The summed E-state index contributed by atoms with van der Waals surface area (Å²) in [6.45, 7) is 3.95. The Morgan fingerprint density at radius 3 is 2.50 bits per heavy atom. The van der Waals surface area contributed by atoms with Crippen molar-refractivity contribution in [2.24, 2.45) is 5.10 Å². The van der Waals surface area contributed by atoms with Gasteiger partial charge in [0.05, 0.1) is 5.71 Å². The third-order valence-corrected chi connectivity index (χ3v) is 2.21. The average molecular weight is 214 g/mol. The van der Waals surface area contributed by atoms with E-state index in [0.717, 1.165) is 5.71 Å². The second-order valence-electron chi connectivity index (χ2n) is 2.83. The lowest BCUT2D eigenvalue weighted by molar-refractivity contribution is 0.318. The molecular weight excluding hydrogens is 196 g/mol. The summed E-state index contributed by atoms with van der Waals surface area (Å²) in [5.74, 6) is 0. The molecule has 0 fully saturated rings. The van der Waals surface area contributed by atoms with Gasteiger partial charge in [0.25, 0.3) is 0 Å². The van der Waals surface area contributed by atoms with Gasteiger partial charge < -0.3 is 10.1 Å². The summed E-state index contributed by atoms with van der Waals surface area (Å²) in [6, 6.07) is 4.11. The zero-order valence-corrected chi connectivity index (χ0v) is 10.0. The van der Waals surface area contributed by atoms with E-state index in [1.54, 1.807) is 18.3 Å². The van der Waals surface area contributed by atoms with Crippen LogP contribution in [0.2, 0.25) is 0 Å². The van der Waals surface area contributed by atoms with Crippen LogP contribution >= 0.6 is 11.3 Å². The van der Waals surface area contributed by atoms with Crippen molar-refractivity contribution >= 4 is 17.0 Å². The van der Waals surface area contributed by atoms with Crippen molar-refractivity contribution in [1.29, 1.82) is 0 Å². The van der Waals surface area contributed by atoms with Gasteiger partial charge in [-0.15, -0.1) is 11.3 Å². The van der Waals surface area contributed by atoms with Gasteiger partial charge in [0.2, 0.25) is 0 Å². The molecule has 0 spiro atoms. The van der Waals surface area contributed by atoms with Crippen LogP contribution in [0.4, 0.5) is 0 Å². The molecule has 80 valence electrons. The molecule has 0 aliphatic carbocycles. The summed E-state index contributed by atoms with van der Waals surface area (Å²) in [5, 5.41) is 15.7. The zero-order chi connectivity index (χ0) is 11.0. The quantitative estimate of drug-likeness (QED) is 0.604. The molecule has 3 nitrogen and oxygen atoms in total. The first kappa shape index (κ1) is 13.1. The van der Waals surface area contributed by atoms with Gasteiger partial charge in [-0.2, -0.15) is 5.10 Å². The van der Waals surface area contributed by atoms with Crippen molar-refractivity contribution in [1.82, 2.24) is 5.01 Å². The molecule has 0 aliphatic rings. The number of nitrogens with zero attached hydrogens (tertiary/aromatic N) is 2. The van der Waals surface area contributed by atoms with Crippen LogP contribution in [0.1, 0.15) is 18.7 Å². The SMILES string of the molecule is C/C(=N/N(C)C)c1cccs1.CCO. The molecular formula is C10H18N2OS. The maximum Gasteiger partial charge on any atom is 0.0745 e. The van der Waals surface area contributed by atoms with Crippen LogP contribution < -0.4 is 0 Å². The lowest BCUT2D eigenvalue weighted by Crippen LogP contribution is -2.06. The Bertz CT molecular complexity index is 255. The minimum Gasteiger partial charge on any atom is -0.397 e. The Labute approximate surface area is 89.7 Å². The van der Waals surface area contributed by atoms with Crippen LogP contribution in [0, 0.1) is 0 Å². The molecule has 0 atom stereocenters. The third kappa shape index (κ3) is 5.72. The number of aliphatic hydroxyl groups excluding tert-OH is 1. The number of thiophene rings is 1. The van der Waals surface area contributed by atoms with Crippen molar-refractivity contribution in [3.8, 4) is 0 Å². The van der Waals surface area contributed by atoms with Crippen LogP contribution in [0.15, 0.2) is 22.6 Å². The molecule has 14 heavy (non-hydrogen) atoms. The number of hydrazone groups is 1. The lowest BCUT2D eigenvalue weighted by Gasteiger charge is -2.04. The molecule has 0 saturated carbocycles. The van der Waals surface area contributed by atoms with Gasteiger partial charge in [-0.3, -0.25) is 0 Å². The van der Waals surface area contributed by atoms with Gasteiger partial charge in [0.1, 0.15) is 0 Å². The fourth-order valence-corrected chi connectivity index (χ4v) is 1.51. The molecule has 0 aliphatic heterocycles. The third-order valence-electron chi connectivity index (χ3n) is 1.23. The van der Waals surface area contributed by atoms with Crippen LogP contribution in [-0.4, -0.2) is 36.5 Å². The largest absolute Gasteiger partial charge is 0.397 e. The molecule has 0 saturated heterocycles. The molecule has 1 rings (SSSR count). The number of aliphatic hydroxyl groups is 1. The topological polar surface area (TPSA) is 35.8 Å². The first-order chi connectivity index (χ1) is 6.61. The lowest BCUT2D eigenvalue weighted by atomic mass is 10.3. The van der Waals surface area contributed by atoms with Crippen molar-refractivity contribution in [3.05, 3.63) is 22.4 Å². The fraction of sp³-hybridized carbons (Fsp3) is 0.500. The molecule has 1 N–H and O–H groups in total. The summed E-state index contributed by atoms with van der Waals surface area (Å²) >= 11 is 1.72. The zero-order valence-electron chi connectivity index (χ0n) is 9.19. The maximum atomic E-state index is 7.57. The van der Waals surface area contributed by atoms with E-state index < -0.39 is 0 Å². The standard InChI is InChI=1S/C8H12N2S.C2H6O/c1-7(9-10(2)3)8-5-4-6-11-8;1-2-3/h4-6H,1-3H3;3H,2H2,1H3/b9-7-;. The Kier molecular flexibility index (Phi) is 7.06. The highest BCUT2D eigenvalue weighted by atomic mass is 32.1. The van der Waals surface area contributed by atoms with Gasteiger partial charge in [0, 0.05) is 25.6 Å². The molecule has 1 aromatic rings. The Morgan fingerprint density at radius 2 is 2.14 bits per heavy atom. The highest BCUT2D eigenvalue weighted by molar-refractivity contribution is 7.12. The van der Waals surface area contributed by atoms with E-state index >= 15 is 0 Å². The normalized spacial score (nSPS) is 10.5. The van der Waals surface area contributed by atoms with Gasteiger partial charge >= 0.3 is 0 Å². The van der Waals surface area contributed by atoms with Crippen molar-refractivity contribution in [2.75, 3.05) is 20.7 Å². The monoisotopic (exact) mass is 214 g/mol. The Balaban J connectivity index is 0.000000500. The minimum atomic E-state index is 0.250. The van der Waals surface area contributed by atoms with Crippen molar-refractivity contribution < 1.29 is 5.11 Å². The first-order valence-electron chi connectivity index (χ1n) is 4.49. The second kappa shape index (κ2) is 7.53. The highest BCUT2D eigenvalue weighted by Gasteiger charge is 1.96. The van der Waals surface area contributed by atoms with E-state index in [-0.39, 0.29) is 6.61 Å². The molecule has 1 aromatic heterocycles. The van der Waals surface area contributed by atoms with Gasteiger partial charge in [-0.25, -0.2) is 0 Å². The number of hydrogen-bond acceptors (Lipinski definition) is 4. The maximum absolute atomic E-state index is 7.57. The van der Waals surface area contributed by atoms with E-state index in [0.29, 0.717) is 0 Å². The number of rotatable bonds is 2. The summed E-state index contributed by atoms with van der Waals surface area (Å²) in [7, 11) is 3.86. The molecule has 1 heterocycles. The summed E-state index contributed by atoms with van der Waals surface area (Å²) < 4.78 is 0. The molecule has 0 aromatic carbocycles. The minimum absolute atomic E-state index is 0.250.